The Morgan fingerprint density at radius 3 is 2.48 bits per heavy atom. The summed E-state index contributed by atoms with van der Waals surface area (Å²) in [6, 6.07) is 25.4. The molecule has 1 aliphatic rings. The lowest BCUT2D eigenvalue weighted by Crippen LogP contribution is -2.25. The normalized spacial score (nSPS) is 17.1. The standard InChI is InChI=1S/C29H31N3O/c1-4-20(2)23-15-13-22(14-16-23)18-32-27-12-8-6-10-25(27)30-29(32)24-17-28(33)31(19-24)26-11-7-5-9-21(26)3/h5-16,20,24H,4,17-19H2,1-3H3. The smallest absolute Gasteiger partial charge is 0.227 e. The molecule has 4 nitrogen and oxygen atoms in total. The van der Waals surface area contributed by atoms with Crippen molar-refractivity contribution in [2.24, 2.45) is 0 Å². The van der Waals surface area contributed by atoms with Gasteiger partial charge in [-0.25, -0.2) is 4.98 Å². The summed E-state index contributed by atoms with van der Waals surface area (Å²) in [6.07, 6.45) is 1.63. The molecule has 1 fully saturated rings. The number of para-hydroxylation sites is 3. The molecular weight excluding hydrogens is 406 g/mol. The van der Waals surface area contributed by atoms with Gasteiger partial charge in [-0.1, -0.05) is 68.4 Å². The van der Waals surface area contributed by atoms with Gasteiger partial charge >= 0.3 is 0 Å². The van der Waals surface area contributed by atoms with Crippen LogP contribution < -0.4 is 4.90 Å². The molecular formula is C29H31N3O. The van der Waals surface area contributed by atoms with E-state index in [0.29, 0.717) is 18.9 Å². The van der Waals surface area contributed by atoms with Crippen molar-refractivity contribution >= 4 is 22.6 Å². The van der Waals surface area contributed by atoms with Gasteiger partial charge in [-0.3, -0.25) is 4.79 Å². The second-order valence-corrected chi connectivity index (χ2v) is 9.29. The number of fused-ring (bicyclic) bond motifs is 1. The van der Waals surface area contributed by atoms with E-state index in [4.69, 9.17) is 4.98 Å². The molecule has 2 unspecified atom stereocenters. The van der Waals surface area contributed by atoms with Crippen molar-refractivity contribution in [3.8, 4) is 0 Å². The fraction of sp³-hybridized carbons (Fsp3) is 0.310. The van der Waals surface area contributed by atoms with Crippen molar-refractivity contribution in [2.45, 2.75) is 52.0 Å². The van der Waals surface area contributed by atoms with Crippen LogP contribution in [0.4, 0.5) is 5.69 Å². The molecule has 0 N–H and O–H groups in total. The fourth-order valence-corrected chi connectivity index (χ4v) is 4.92. The van der Waals surface area contributed by atoms with Crippen molar-refractivity contribution in [1.82, 2.24) is 9.55 Å². The molecule has 0 bridgehead atoms. The number of aromatic nitrogens is 2. The predicted octanol–water partition coefficient (Wildman–Crippen LogP) is 6.43. The van der Waals surface area contributed by atoms with Crippen LogP contribution in [0.3, 0.4) is 0 Å². The number of imidazole rings is 1. The second kappa shape index (κ2) is 8.86. The van der Waals surface area contributed by atoms with E-state index in [9.17, 15) is 4.79 Å². The second-order valence-electron chi connectivity index (χ2n) is 9.29. The molecule has 0 radical (unpaired) electrons. The van der Waals surface area contributed by atoms with E-state index in [-0.39, 0.29) is 11.8 Å². The van der Waals surface area contributed by atoms with Crippen LogP contribution >= 0.6 is 0 Å². The average molecular weight is 438 g/mol. The summed E-state index contributed by atoms with van der Waals surface area (Å²) in [5.74, 6) is 1.82. The number of carbonyl (C=O) groups excluding carboxylic acids is 1. The van der Waals surface area contributed by atoms with Crippen LogP contribution in [0.15, 0.2) is 72.8 Å². The molecule has 1 saturated heterocycles. The first kappa shape index (κ1) is 21.4. The van der Waals surface area contributed by atoms with Gasteiger partial charge in [0.1, 0.15) is 5.82 Å². The Balaban J connectivity index is 1.49. The van der Waals surface area contributed by atoms with Gasteiger partial charge in [0.25, 0.3) is 0 Å². The summed E-state index contributed by atoms with van der Waals surface area (Å²) in [6.45, 7) is 7.99. The van der Waals surface area contributed by atoms with Crippen molar-refractivity contribution in [3.63, 3.8) is 0 Å². The summed E-state index contributed by atoms with van der Waals surface area (Å²) in [7, 11) is 0. The minimum absolute atomic E-state index is 0.0730. The molecule has 0 aliphatic carbocycles. The number of benzene rings is 3. The predicted molar refractivity (Wildman–Crippen MR) is 135 cm³/mol. The molecule has 1 aliphatic heterocycles. The third-order valence-electron chi connectivity index (χ3n) is 7.08. The Kier molecular flexibility index (Phi) is 5.76. The number of amides is 1. The number of nitrogens with zero attached hydrogens (tertiary/aromatic N) is 3. The van der Waals surface area contributed by atoms with E-state index >= 15 is 0 Å². The minimum atomic E-state index is 0.0730. The highest BCUT2D eigenvalue weighted by molar-refractivity contribution is 5.97. The van der Waals surface area contributed by atoms with Crippen LogP contribution in [0.5, 0.6) is 0 Å². The van der Waals surface area contributed by atoms with Crippen molar-refractivity contribution < 1.29 is 4.79 Å². The summed E-state index contributed by atoms with van der Waals surface area (Å²) >= 11 is 0. The first-order chi connectivity index (χ1) is 16.0. The third-order valence-corrected chi connectivity index (χ3v) is 7.08. The Morgan fingerprint density at radius 2 is 1.73 bits per heavy atom. The highest BCUT2D eigenvalue weighted by Gasteiger charge is 2.35. The highest BCUT2D eigenvalue weighted by atomic mass is 16.2. The lowest BCUT2D eigenvalue weighted by atomic mass is 9.97. The van der Waals surface area contributed by atoms with Gasteiger partial charge in [0.05, 0.1) is 11.0 Å². The van der Waals surface area contributed by atoms with Gasteiger partial charge in [-0.2, -0.15) is 0 Å². The molecule has 2 atom stereocenters. The van der Waals surface area contributed by atoms with Crippen LogP contribution in [-0.4, -0.2) is 22.0 Å². The largest absolute Gasteiger partial charge is 0.323 e. The van der Waals surface area contributed by atoms with Gasteiger partial charge in [0.15, 0.2) is 0 Å². The molecule has 3 aromatic carbocycles. The summed E-state index contributed by atoms with van der Waals surface area (Å²) in [5, 5.41) is 0. The first-order valence-electron chi connectivity index (χ1n) is 11.9. The van der Waals surface area contributed by atoms with E-state index < -0.39 is 0 Å². The highest BCUT2D eigenvalue weighted by Crippen LogP contribution is 2.34. The zero-order valence-corrected chi connectivity index (χ0v) is 19.7. The van der Waals surface area contributed by atoms with Gasteiger partial charge in [-0.15, -0.1) is 0 Å². The Labute approximate surface area is 195 Å². The zero-order chi connectivity index (χ0) is 22.9. The molecule has 33 heavy (non-hydrogen) atoms. The van der Waals surface area contributed by atoms with Crippen molar-refractivity contribution in [2.75, 3.05) is 11.4 Å². The Morgan fingerprint density at radius 1 is 1.00 bits per heavy atom. The maximum atomic E-state index is 13.0. The molecule has 0 spiro atoms. The van der Waals surface area contributed by atoms with Crippen LogP contribution in [0.1, 0.15) is 61.0 Å². The van der Waals surface area contributed by atoms with Crippen LogP contribution in [-0.2, 0) is 11.3 Å². The van der Waals surface area contributed by atoms with E-state index in [1.54, 1.807) is 0 Å². The van der Waals surface area contributed by atoms with Gasteiger partial charge in [-0.05, 0) is 54.2 Å². The number of anilines is 1. The summed E-state index contributed by atoms with van der Waals surface area (Å²) < 4.78 is 2.31. The first-order valence-corrected chi connectivity index (χ1v) is 11.9. The Bertz CT molecular complexity index is 1290. The van der Waals surface area contributed by atoms with Gasteiger partial charge < -0.3 is 9.47 Å². The van der Waals surface area contributed by atoms with Crippen LogP contribution in [0.25, 0.3) is 11.0 Å². The summed E-state index contributed by atoms with van der Waals surface area (Å²) in [5.41, 5.74) is 6.89. The molecule has 4 heteroatoms. The monoisotopic (exact) mass is 437 g/mol. The number of hydrogen-bond acceptors (Lipinski definition) is 2. The molecule has 168 valence electrons. The number of aryl methyl sites for hydroxylation is 1. The SMILES string of the molecule is CCC(C)c1ccc(Cn2c(C3CC(=O)N(c4ccccc4C)C3)nc3ccccc32)cc1. The molecule has 1 aromatic heterocycles. The molecule has 5 rings (SSSR count). The number of rotatable bonds is 6. The Hall–Kier alpha value is -3.40. The van der Waals surface area contributed by atoms with Crippen molar-refractivity contribution in [1.29, 1.82) is 0 Å². The van der Waals surface area contributed by atoms with Gasteiger partial charge in [0.2, 0.25) is 5.91 Å². The number of hydrogen-bond donors (Lipinski definition) is 0. The van der Waals surface area contributed by atoms with E-state index in [1.807, 2.05) is 29.2 Å². The lowest BCUT2D eigenvalue weighted by Gasteiger charge is -2.19. The minimum Gasteiger partial charge on any atom is -0.323 e. The zero-order valence-electron chi connectivity index (χ0n) is 19.7. The van der Waals surface area contributed by atoms with E-state index in [1.165, 1.54) is 11.1 Å². The van der Waals surface area contributed by atoms with Gasteiger partial charge in [0, 0.05) is 31.1 Å². The molecule has 2 heterocycles. The fourth-order valence-electron chi connectivity index (χ4n) is 4.92. The topological polar surface area (TPSA) is 38.1 Å². The number of carbonyl (C=O) groups is 1. The quantitative estimate of drug-likeness (QED) is 0.349. The maximum absolute atomic E-state index is 13.0. The lowest BCUT2D eigenvalue weighted by molar-refractivity contribution is -0.117. The maximum Gasteiger partial charge on any atom is 0.227 e. The average Bonchev–Trinajstić information content (AvgIpc) is 3.40. The van der Waals surface area contributed by atoms with Crippen molar-refractivity contribution in [3.05, 3.63) is 95.3 Å². The third kappa shape index (κ3) is 4.06. The molecule has 1 amide bonds. The van der Waals surface area contributed by atoms with Crippen LogP contribution in [0.2, 0.25) is 0 Å². The molecule has 0 saturated carbocycles. The van der Waals surface area contributed by atoms with E-state index in [2.05, 4.69) is 73.9 Å². The van der Waals surface area contributed by atoms with E-state index in [0.717, 1.165) is 41.1 Å². The van der Waals surface area contributed by atoms with Crippen LogP contribution in [0, 0.1) is 6.92 Å². The summed E-state index contributed by atoms with van der Waals surface area (Å²) in [4.78, 5) is 20.0. The molecule has 4 aromatic rings.